The largest absolute Gasteiger partial charge is 0.466 e. The molecule has 1 fully saturated rings. The van der Waals surface area contributed by atoms with Crippen LogP contribution in [-0.2, 0) is 9.53 Å². The van der Waals surface area contributed by atoms with E-state index < -0.39 is 0 Å². The molecule has 3 heteroatoms. The van der Waals surface area contributed by atoms with Crippen LogP contribution in [0.25, 0.3) is 0 Å². The summed E-state index contributed by atoms with van der Waals surface area (Å²) in [6, 6.07) is 0.907. The second-order valence-electron chi connectivity index (χ2n) is 4.35. The summed E-state index contributed by atoms with van der Waals surface area (Å²) in [7, 11) is 3.56. The highest BCUT2D eigenvalue weighted by Gasteiger charge is 2.42. The minimum atomic E-state index is -0.158. The SMILES string of the molecule is COC(=O)C1=CC[C@@H]2[C@H](C)C[C@H]1N2C. The first-order chi connectivity index (χ1) is 6.65. The van der Waals surface area contributed by atoms with E-state index in [1.807, 2.05) is 0 Å². The first-order valence-corrected chi connectivity index (χ1v) is 5.15. The van der Waals surface area contributed by atoms with E-state index in [2.05, 4.69) is 24.9 Å². The number of rotatable bonds is 1. The zero-order chi connectivity index (χ0) is 10.3. The summed E-state index contributed by atoms with van der Waals surface area (Å²) in [6.07, 6.45) is 4.13. The number of nitrogens with zero attached hydrogens (tertiary/aromatic N) is 1. The van der Waals surface area contributed by atoms with Gasteiger partial charge in [0.2, 0.25) is 0 Å². The topological polar surface area (TPSA) is 29.5 Å². The molecule has 0 unspecified atom stereocenters. The number of esters is 1. The monoisotopic (exact) mass is 195 g/mol. The molecule has 0 aromatic rings. The third-order valence-corrected chi connectivity index (χ3v) is 3.63. The Labute approximate surface area is 84.7 Å². The fraction of sp³-hybridized carbons (Fsp3) is 0.727. The average Bonchev–Trinajstić information content (AvgIpc) is 2.38. The van der Waals surface area contributed by atoms with Gasteiger partial charge in [-0.3, -0.25) is 4.90 Å². The zero-order valence-corrected chi connectivity index (χ0v) is 8.99. The van der Waals surface area contributed by atoms with Crippen LogP contribution in [0.4, 0.5) is 0 Å². The van der Waals surface area contributed by atoms with Crippen molar-refractivity contribution in [3.8, 4) is 0 Å². The van der Waals surface area contributed by atoms with Crippen LogP contribution in [-0.4, -0.2) is 37.1 Å². The molecule has 2 rings (SSSR count). The van der Waals surface area contributed by atoms with Gasteiger partial charge in [0.05, 0.1) is 12.7 Å². The first kappa shape index (κ1) is 9.71. The van der Waals surface area contributed by atoms with Gasteiger partial charge in [0.25, 0.3) is 0 Å². The minimum Gasteiger partial charge on any atom is -0.466 e. The first-order valence-electron chi connectivity index (χ1n) is 5.15. The van der Waals surface area contributed by atoms with Crippen LogP contribution in [0.3, 0.4) is 0 Å². The van der Waals surface area contributed by atoms with Crippen LogP contribution in [0.5, 0.6) is 0 Å². The summed E-state index contributed by atoms with van der Waals surface area (Å²) < 4.78 is 4.79. The summed E-state index contributed by atoms with van der Waals surface area (Å²) in [4.78, 5) is 13.8. The number of ether oxygens (including phenoxy) is 1. The molecule has 3 atom stereocenters. The van der Waals surface area contributed by atoms with Crippen LogP contribution in [0, 0.1) is 5.92 Å². The van der Waals surface area contributed by atoms with Crippen molar-refractivity contribution in [2.45, 2.75) is 31.8 Å². The number of carbonyl (C=O) groups is 1. The molecule has 2 aliphatic rings. The molecular weight excluding hydrogens is 178 g/mol. The van der Waals surface area contributed by atoms with Gasteiger partial charge in [-0.05, 0) is 25.8 Å². The standard InChI is InChI=1S/C11H17NO2/c1-7-6-10-8(11(13)14-3)4-5-9(7)12(10)2/h4,7,9-10H,5-6H2,1-3H3/t7-,9-,10-/m1/s1. The van der Waals surface area contributed by atoms with Crippen LogP contribution >= 0.6 is 0 Å². The van der Waals surface area contributed by atoms with E-state index in [0.717, 1.165) is 18.4 Å². The number of carbonyl (C=O) groups excluding carboxylic acids is 1. The second kappa shape index (κ2) is 3.39. The van der Waals surface area contributed by atoms with Gasteiger partial charge in [-0.25, -0.2) is 4.79 Å². The van der Waals surface area contributed by atoms with Crippen molar-refractivity contribution < 1.29 is 9.53 Å². The van der Waals surface area contributed by atoms with E-state index in [1.54, 1.807) is 0 Å². The highest BCUT2D eigenvalue weighted by molar-refractivity contribution is 5.90. The molecule has 0 aliphatic carbocycles. The molecule has 3 nitrogen and oxygen atoms in total. The lowest BCUT2D eigenvalue weighted by Gasteiger charge is -2.31. The molecule has 0 spiro atoms. The molecule has 1 saturated heterocycles. The Morgan fingerprint density at radius 3 is 3.00 bits per heavy atom. The molecule has 2 heterocycles. The maximum absolute atomic E-state index is 11.5. The second-order valence-corrected chi connectivity index (χ2v) is 4.35. The van der Waals surface area contributed by atoms with E-state index in [9.17, 15) is 4.79 Å². The molecule has 0 radical (unpaired) electrons. The van der Waals surface area contributed by atoms with Gasteiger partial charge in [-0.2, -0.15) is 0 Å². The Hall–Kier alpha value is -0.830. The number of likely N-dealkylation sites (N-methyl/N-ethyl adjacent to an activating group) is 1. The molecule has 0 aromatic heterocycles. The van der Waals surface area contributed by atoms with Gasteiger partial charge in [0, 0.05) is 12.1 Å². The normalized spacial score (nSPS) is 36.8. The highest BCUT2D eigenvalue weighted by atomic mass is 16.5. The summed E-state index contributed by atoms with van der Waals surface area (Å²) >= 11 is 0. The lowest BCUT2D eigenvalue weighted by atomic mass is 10.0. The Kier molecular flexibility index (Phi) is 2.35. The molecule has 0 amide bonds. The van der Waals surface area contributed by atoms with Gasteiger partial charge in [0.1, 0.15) is 0 Å². The lowest BCUT2D eigenvalue weighted by Crippen LogP contribution is -2.39. The van der Waals surface area contributed by atoms with Gasteiger partial charge < -0.3 is 4.74 Å². The van der Waals surface area contributed by atoms with E-state index in [0.29, 0.717) is 12.0 Å². The van der Waals surface area contributed by atoms with Gasteiger partial charge >= 0.3 is 5.97 Å². The van der Waals surface area contributed by atoms with Crippen LogP contribution in [0.2, 0.25) is 0 Å². The lowest BCUT2D eigenvalue weighted by molar-refractivity contribution is -0.136. The number of fused-ring (bicyclic) bond motifs is 2. The molecule has 78 valence electrons. The van der Waals surface area contributed by atoms with E-state index >= 15 is 0 Å². The zero-order valence-electron chi connectivity index (χ0n) is 8.99. The number of methoxy groups -OCH3 is 1. The number of hydrogen-bond donors (Lipinski definition) is 0. The van der Waals surface area contributed by atoms with Gasteiger partial charge in [-0.15, -0.1) is 0 Å². The average molecular weight is 195 g/mol. The quantitative estimate of drug-likeness (QED) is 0.589. The van der Waals surface area contributed by atoms with E-state index in [4.69, 9.17) is 4.74 Å². The maximum Gasteiger partial charge on any atom is 0.335 e. The van der Waals surface area contributed by atoms with Crippen LogP contribution < -0.4 is 0 Å². The molecule has 14 heavy (non-hydrogen) atoms. The minimum absolute atomic E-state index is 0.158. The third-order valence-electron chi connectivity index (χ3n) is 3.63. The summed E-state index contributed by atoms with van der Waals surface area (Å²) in [5, 5.41) is 0. The Bertz CT molecular complexity index is 285. The van der Waals surface area contributed by atoms with Gasteiger partial charge in [0.15, 0.2) is 0 Å². The Morgan fingerprint density at radius 2 is 2.36 bits per heavy atom. The molecule has 0 saturated carbocycles. The predicted molar refractivity (Wildman–Crippen MR) is 53.8 cm³/mol. The third kappa shape index (κ3) is 1.27. The Morgan fingerprint density at radius 1 is 1.64 bits per heavy atom. The molecule has 2 aliphatic heterocycles. The van der Waals surface area contributed by atoms with Crippen molar-refractivity contribution in [1.82, 2.24) is 4.90 Å². The summed E-state index contributed by atoms with van der Waals surface area (Å²) in [5.41, 5.74) is 0.857. The maximum atomic E-state index is 11.5. The molecular formula is C11H17NO2. The van der Waals surface area contributed by atoms with Crippen LogP contribution in [0.1, 0.15) is 19.8 Å². The van der Waals surface area contributed by atoms with Crippen molar-refractivity contribution in [3.05, 3.63) is 11.6 Å². The van der Waals surface area contributed by atoms with Crippen molar-refractivity contribution in [3.63, 3.8) is 0 Å². The van der Waals surface area contributed by atoms with Crippen LogP contribution in [0.15, 0.2) is 11.6 Å². The van der Waals surface area contributed by atoms with E-state index in [1.165, 1.54) is 7.11 Å². The smallest absolute Gasteiger partial charge is 0.335 e. The summed E-state index contributed by atoms with van der Waals surface area (Å²) in [6.45, 7) is 2.26. The predicted octanol–water partition coefficient (Wildman–Crippen LogP) is 1.20. The van der Waals surface area contributed by atoms with Crippen molar-refractivity contribution in [2.24, 2.45) is 5.92 Å². The fourth-order valence-corrected chi connectivity index (χ4v) is 2.77. The Balaban J connectivity index is 2.23. The summed E-state index contributed by atoms with van der Waals surface area (Å²) in [5.74, 6) is 0.526. The van der Waals surface area contributed by atoms with E-state index in [-0.39, 0.29) is 12.0 Å². The number of hydrogen-bond acceptors (Lipinski definition) is 3. The highest BCUT2D eigenvalue weighted by Crippen LogP contribution is 2.38. The van der Waals surface area contributed by atoms with Crippen molar-refractivity contribution in [1.29, 1.82) is 0 Å². The van der Waals surface area contributed by atoms with Gasteiger partial charge in [-0.1, -0.05) is 13.0 Å². The van der Waals surface area contributed by atoms with Crippen molar-refractivity contribution >= 4 is 5.97 Å². The molecule has 2 bridgehead atoms. The molecule has 0 N–H and O–H groups in total. The molecule has 0 aromatic carbocycles. The van der Waals surface area contributed by atoms with Crippen molar-refractivity contribution in [2.75, 3.05) is 14.2 Å². The fourth-order valence-electron chi connectivity index (χ4n) is 2.77.